The van der Waals surface area contributed by atoms with Crippen LogP contribution in [0.3, 0.4) is 0 Å². The molecule has 7 atom stereocenters. The number of rotatable bonds is 2. The van der Waals surface area contributed by atoms with Crippen molar-refractivity contribution >= 4 is 5.97 Å². The van der Waals surface area contributed by atoms with E-state index >= 15 is 0 Å². The van der Waals surface area contributed by atoms with E-state index in [2.05, 4.69) is 45.6 Å². The van der Waals surface area contributed by atoms with Gasteiger partial charge in [0.15, 0.2) is 0 Å². The van der Waals surface area contributed by atoms with Crippen molar-refractivity contribution in [3.63, 3.8) is 0 Å². The van der Waals surface area contributed by atoms with Crippen LogP contribution >= 0.6 is 0 Å². The smallest absolute Gasteiger partial charge is 0.303 e. The zero-order chi connectivity index (χ0) is 19.2. The summed E-state index contributed by atoms with van der Waals surface area (Å²) in [6.07, 6.45) is 6.74. The molecule has 0 amide bonds. The number of fused-ring (bicyclic) bond motifs is 5. The Morgan fingerprint density at radius 1 is 1.46 bits per heavy atom. The molecule has 0 aromatic carbocycles. The summed E-state index contributed by atoms with van der Waals surface area (Å²) in [7, 11) is 0. The molecular formula is C22H32O4. The van der Waals surface area contributed by atoms with Crippen LogP contribution in [0.4, 0.5) is 0 Å². The lowest BCUT2D eigenvalue weighted by Gasteiger charge is -2.43. The summed E-state index contributed by atoms with van der Waals surface area (Å²) >= 11 is 0. The Bertz CT molecular complexity index is 643. The predicted molar refractivity (Wildman–Crippen MR) is 101 cm³/mol. The van der Waals surface area contributed by atoms with Gasteiger partial charge < -0.3 is 14.6 Å². The van der Waals surface area contributed by atoms with E-state index < -0.39 is 17.8 Å². The number of allylic oxidation sites excluding steroid dienone is 2. The normalized spacial score (nSPS) is 44.6. The number of hydrogen-bond donors (Lipinski definition) is 1. The fourth-order valence-electron chi connectivity index (χ4n) is 5.07. The third kappa shape index (κ3) is 3.29. The monoisotopic (exact) mass is 360 g/mol. The van der Waals surface area contributed by atoms with E-state index in [1.807, 2.05) is 0 Å². The zero-order valence-electron chi connectivity index (χ0n) is 16.6. The van der Waals surface area contributed by atoms with Gasteiger partial charge in [-0.3, -0.25) is 4.79 Å². The molecule has 0 aromatic heterocycles. The van der Waals surface area contributed by atoms with Crippen LogP contribution in [0.2, 0.25) is 0 Å². The quantitative estimate of drug-likeness (QED) is 0.601. The highest BCUT2D eigenvalue weighted by molar-refractivity contribution is 5.66. The Balaban J connectivity index is 2.08. The van der Waals surface area contributed by atoms with Gasteiger partial charge in [-0.2, -0.15) is 0 Å². The average molecular weight is 360 g/mol. The number of carbonyl (C=O) groups excluding carboxylic acids is 1. The van der Waals surface area contributed by atoms with Gasteiger partial charge in [-0.1, -0.05) is 44.2 Å². The van der Waals surface area contributed by atoms with Gasteiger partial charge in [0.2, 0.25) is 0 Å². The van der Waals surface area contributed by atoms with Gasteiger partial charge in [0.05, 0.1) is 12.2 Å². The SMILES string of the molecule is C=C1C=C[C@H](C(C)C)[C@@H]2[C@H]1[C@H]1C/C(C)=C\C[C@H](OC(C)=O)[C@@](C)(O)[C@@H]2O1. The van der Waals surface area contributed by atoms with Crippen molar-refractivity contribution in [2.75, 3.05) is 0 Å². The van der Waals surface area contributed by atoms with Crippen LogP contribution in [0.15, 0.2) is 36.0 Å². The molecule has 0 saturated carbocycles. The van der Waals surface area contributed by atoms with Crippen molar-refractivity contribution in [2.45, 2.75) is 71.4 Å². The van der Waals surface area contributed by atoms with Gasteiger partial charge in [0.25, 0.3) is 0 Å². The van der Waals surface area contributed by atoms with Crippen LogP contribution < -0.4 is 0 Å². The second kappa shape index (κ2) is 6.97. The van der Waals surface area contributed by atoms with Crippen molar-refractivity contribution in [1.29, 1.82) is 0 Å². The Morgan fingerprint density at radius 2 is 2.15 bits per heavy atom. The van der Waals surface area contributed by atoms with Gasteiger partial charge in [0, 0.05) is 25.2 Å². The number of esters is 1. The van der Waals surface area contributed by atoms with Gasteiger partial charge in [-0.25, -0.2) is 0 Å². The number of ether oxygens (including phenoxy) is 2. The van der Waals surface area contributed by atoms with Crippen molar-refractivity contribution in [3.8, 4) is 0 Å². The molecule has 4 nitrogen and oxygen atoms in total. The van der Waals surface area contributed by atoms with Crippen LogP contribution in [0, 0.1) is 23.7 Å². The summed E-state index contributed by atoms with van der Waals surface area (Å²) in [5.74, 6) is 0.674. The summed E-state index contributed by atoms with van der Waals surface area (Å²) < 4.78 is 12.0. The highest BCUT2D eigenvalue weighted by Crippen LogP contribution is 2.52. The van der Waals surface area contributed by atoms with Crippen LogP contribution in [0.5, 0.6) is 0 Å². The summed E-state index contributed by atoms with van der Waals surface area (Å²) in [5.41, 5.74) is 1.02. The van der Waals surface area contributed by atoms with Gasteiger partial charge in [-0.15, -0.1) is 0 Å². The largest absolute Gasteiger partial charge is 0.459 e. The first-order valence-corrected chi connectivity index (χ1v) is 9.70. The second-order valence-corrected chi connectivity index (χ2v) is 8.77. The minimum absolute atomic E-state index is 0.00232. The second-order valence-electron chi connectivity index (χ2n) is 8.77. The maximum atomic E-state index is 11.7. The highest BCUT2D eigenvalue weighted by Gasteiger charge is 2.58. The molecule has 3 rings (SSSR count). The molecule has 0 radical (unpaired) electrons. The molecule has 4 heteroatoms. The van der Waals surface area contributed by atoms with Crippen LogP contribution in [-0.4, -0.2) is 35.0 Å². The molecule has 2 aliphatic heterocycles. The molecule has 1 N–H and O–H groups in total. The fourth-order valence-corrected chi connectivity index (χ4v) is 5.07. The van der Waals surface area contributed by atoms with Crippen molar-refractivity contribution in [3.05, 3.63) is 36.0 Å². The Morgan fingerprint density at radius 3 is 2.77 bits per heavy atom. The van der Waals surface area contributed by atoms with Crippen LogP contribution in [-0.2, 0) is 14.3 Å². The lowest BCUT2D eigenvalue weighted by Crippen LogP contribution is -2.55. The third-order valence-corrected chi connectivity index (χ3v) is 6.40. The van der Waals surface area contributed by atoms with E-state index in [9.17, 15) is 9.90 Å². The summed E-state index contributed by atoms with van der Waals surface area (Å²) in [4.78, 5) is 11.7. The van der Waals surface area contributed by atoms with Gasteiger partial charge in [-0.05, 0) is 37.7 Å². The Kier molecular flexibility index (Phi) is 5.19. The molecule has 0 unspecified atom stereocenters. The number of carbonyl (C=O) groups is 1. The fraction of sp³-hybridized carbons (Fsp3) is 0.682. The number of hydrogen-bond acceptors (Lipinski definition) is 4. The predicted octanol–water partition coefficient (Wildman–Crippen LogP) is 3.81. The third-order valence-electron chi connectivity index (χ3n) is 6.40. The van der Waals surface area contributed by atoms with Crippen molar-refractivity contribution in [2.24, 2.45) is 23.7 Å². The minimum atomic E-state index is -1.26. The molecule has 144 valence electrons. The van der Waals surface area contributed by atoms with E-state index in [0.717, 1.165) is 12.0 Å². The molecule has 1 saturated heterocycles. The van der Waals surface area contributed by atoms with Gasteiger partial charge in [0.1, 0.15) is 11.7 Å². The van der Waals surface area contributed by atoms with Crippen LogP contribution in [0.25, 0.3) is 0 Å². The Hall–Kier alpha value is -1.39. The Labute approximate surface area is 156 Å². The topological polar surface area (TPSA) is 55.8 Å². The molecule has 0 aromatic rings. The molecule has 3 aliphatic rings. The summed E-state index contributed by atoms with van der Waals surface area (Å²) in [6, 6.07) is 0. The average Bonchev–Trinajstić information content (AvgIpc) is 2.92. The van der Waals surface area contributed by atoms with E-state index in [1.165, 1.54) is 12.5 Å². The maximum absolute atomic E-state index is 11.7. The minimum Gasteiger partial charge on any atom is -0.459 e. The van der Waals surface area contributed by atoms with Gasteiger partial charge >= 0.3 is 5.97 Å². The molecule has 2 heterocycles. The summed E-state index contributed by atoms with van der Waals surface area (Å²) in [5, 5.41) is 11.5. The maximum Gasteiger partial charge on any atom is 0.303 e. The molecule has 0 spiro atoms. The highest BCUT2D eigenvalue weighted by atomic mass is 16.6. The standard InChI is InChI=1S/C22H32O4/c1-12(2)16-9-8-14(4)19-17-11-13(3)7-10-18(25-15(5)23)22(6,24)21(26-17)20(16)19/h7-9,12,16-21,24H,4,10-11H2,1-3,5-6H3/b13-7-/t16-,17-,18+,19-,20-,21-,22-/m1/s1. The lowest BCUT2D eigenvalue weighted by molar-refractivity contribution is -0.187. The molecule has 1 fully saturated rings. The molecule has 1 aliphatic carbocycles. The molecule has 2 bridgehead atoms. The summed E-state index contributed by atoms with van der Waals surface area (Å²) in [6.45, 7) is 13.9. The van der Waals surface area contributed by atoms with E-state index in [1.54, 1.807) is 6.92 Å². The van der Waals surface area contributed by atoms with E-state index in [-0.39, 0.29) is 23.9 Å². The van der Waals surface area contributed by atoms with Crippen molar-refractivity contribution < 1.29 is 19.4 Å². The van der Waals surface area contributed by atoms with E-state index in [0.29, 0.717) is 18.3 Å². The zero-order valence-corrected chi connectivity index (χ0v) is 16.6. The number of aliphatic hydroxyl groups is 1. The first-order chi connectivity index (χ1) is 12.1. The molecular weight excluding hydrogens is 328 g/mol. The lowest BCUT2D eigenvalue weighted by atomic mass is 9.63. The molecule has 26 heavy (non-hydrogen) atoms. The van der Waals surface area contributed by atoms with Crippen LogP contribution in [0.1, 0.15) is 47.5 Å². The first kappa shape index (κ1) is 19.4. The van der Waals surface area contributed by atoms with E-state index in [4.69, 9.17) is 9.47 Å². The first-order valence-electron chi connectivity index (χ1n) is 9.70. The van der Waals surface area contributed by atoms with Crippen molar-refractivity contribution in [1.82, 2.24) is 0 Å².